The molecule has 0 atom stereocenters. The van der Waals surface area contributed by atoms with Crippen molar-refractivity contribution in [3.63, 3.8) is 0 Å². The highest BCUT2D eigenvalue weighted by molar-refractivity contribution is 7.11. The zero-order chi connectivity index (χ0) is 13.1. The Bertz CT molecular complexity index is 525. The second kappa shape index (κ2) is 5.80. The van der Waals surface area contributed by atoms with E-state index < -0.39 is 0 Å². The molecule has 0 saturated heterocycles. The summed E-state index contributed by atoms with van der Waals surface area (Å²) in [5.74, 6) is 0.537. The number of hydrogen-bond acceptors (Lipinski definition) is 4. The highest BCUT2D eigenvalue weighted by atomic mass is 32.1. The van der Waals surface area contributed by atoms with Gasteiger partial charge in [0.2, 0.25) is 0 Å². The minimum atomic E-state index is 0.537. The Kier molecular flexibility index (Phi) is 3.89. The number of fused-ring (bicyclic) bond motifs is 1. The Hall–Kier alpha value is -1.26. The number of nitrogens with zero attached hydrogens (tertiary/aromatic N) is 2. The van der Waals surface area contributed by atoms with Crippen molar-refractivity contribution < 1.29 is 0 Å². The Morgan fingerprint density at radius 3 is 2.63 bits per heavy atom. The predicted molar refractivity (Wildman–Crippen MR) is 78.5 cm³/mol. The van der Waals surface area contributed by atoms with E-state index in [0.29, 0.717) is 5.92 Å². The summed E-state index contributed by atoms with van der Waals surface area (Å²) in [7, 11) is 0. The van der Waals surface area contributed by atoms with Crippen LogP contribution in [0, 0.1) is 0 Å². The lowest BCUT2D eigenvalue weighted by Gasteiger charge is -2.02. The van der Waals surface area contributed by atoms with Crippen LogP contribution in [-0.4, -0.2) is 16.7 Å². The predicted octanol–water partition coefficient (Wildman–Crippen LogP) is 2.92. The molecule has 0 radical (unpaired) electrons. The lowest BCUT2D eigenvalue weighted by molar-refractivity contribution is 0.665. The third kappa shape index (κ3) is 2.85. The topological polar surface area (TPSA) is 37.8 Å². The molecule has 0 unspecified atom stereocenters. The molecular formula is C15H19N3S. The normalized spacial score (nSPS) is 14.8. The summed E-state index contributed by atoms with van der Waals surface area (Å²) in [5, 5.41) is 14.4. The Morgan fingerprint density at radius 1 is 1.21 bits per heavy atom. The fraction of sp³-hybridized carbons (Fsp3) is 0.467. The van der Waals surface area contributed by atoms with Crippen molar-refractivity contribution in [2.45, 2.75) is 38.6 Å². The first kappa shape index (κ1) is 12.8. The lowest BCUT2D eigenvalue weighted by atomic mass is 10.1. The average Bonchev–Trinajstić information content (AvgIpc) is 3.04. The molecule has 1 N–H and O–H groups in total. The lowest BCUT2D eigenvalue weighted by Crippen LogP contribution is -2.13. The maximum atomic E-state index is 4.39. The molecule has 1 aromatic carbocycles. The van der Waals surface area contributed by atoms with Crippen LogP contribution in [0.15, 0.2) is 24.3 Å². The van der Waals surface area contributed by atoms with Crippen molar-refractivity contribution >= 4 is 11.3 Å². The standard InChI is InChI=1S/C15H19N3S/c1-2-7-16-10-14-17-18-15(19-14)13-8-11-5-3-4-6-12(11)9-13/h3-6,13,16H,2,7-10H2,1H3. The molecule has 1 aromatic heterocycles. The van der Waals surface area contributed by atoms with Crippen LogP contribution in [0.25, 0.3) is 0 Å². The largest absolute Gasteiger partial charge is 0.310 e. The third-order valence-electron chi connectivity index (χ3n) is 3.59. The molecule has 0 fully saturated rings. The molecule has 0 amide bonds. The van der Waals surface area contributed by atoms with Gasteiger partial charge in [0.05, 0.1) is 0 Å². The van der Waals surface area contributed by atoms with E-state index in [9.17, 15) is 0 Å². The molecule has 1 aliphatic rings. The van der Waals surface area contributed by atoms with Gasteiger partial charge in [0.25, 0.3) is 0 Å². The molecule has 0 saturated carbocycles. The number of nitrogens with one attached hydrogen (secondary N) is 1. The van der Waals surface area contributed by atoms with Crippen LogP contribution in [0.2, 0.25) is 0 Å². The molecule has 19 heavy (non-hydrogen) atoms. The van der Waals surface area contributed by atoms with Gasteiger partial charge in [-0.3, -0.25) is 0 Å². The van der Waals surface area contributed by atoms with Crippen LogP contribution in [0.4, 0.5) is 0 Å². The molecule has 2 aromatic rings. The van der Waals surface area contributed by atoms with E-state index in [0.717, 1.165) is 37.4 Å². The number of aromatic nitrogens is 2. The first-order chi connectivity index (χ1) is 9.36. The monoisotopic (exact) mass is 273 g/mol. The molecular weight excluding hydrogens is 254 g/mol. The van der Waals surface area contributed by atoms with Crippen molar-refractivity contribution in [3.8, 4) is 0 Å². The van der Waals surface area contributed by atoms with Gasteiger partial charge in [-0.2, -0.15) is 0 Å². The van der Waals surface area contributed by atoms with Crippen molar-refractivity contribution in [2.24, 2.45) is 0 Å². The molecule has 100 valence electrons. The van der Waals surface area contributed by atoms with Gasteiger partial charge in [-0.25, -0.2) is 0 Å². The van der Waals surface area contributed by atoms with Crippen LogP contribution < -0.4 is 5.32 Å². The summed E-state index contributed by atoms with van der Waals surface area (Å²) >= 11 is 1.77. The third-order valence-corrected chi connectivity index (χ3v) is 4.67. The van der Waals surface area contributed by atoms with Gasteiger partial charge < -0.3 is 5.32 Å². The molecule has 1 heterocycles. The summed E-state index contributed by atoms with van der Waals surface area (Å²) < 4.78 is 0. The SMILES string of the molecule is CCCNCc1nnc(C2Cc3ccccc3C2)s1. The summed E-state index contributed by atoms with van der Waals surface area (Å²) in [6.07, 6.45) is 3.39. The Balaban J connectivity index is 1.65. The second-order valence-electron chi connectivity index (χ2n) is 5.08. The summed E-state index contributed by atoms with van der Waals surface area (Å²) in [6.45, 7) is 4.07. The Morgan fingerprint density at radius 2 is 1.95 bits per heavy atom. The van der Waals surface area contributed by atoms with Crippen LogP contribution in [-0.2, 0) is 19.4 Å². The molecule has 0 bridgehead atoms. The van der Waals surface area contributed by atoms with Gasteiger partial charge >= 0.3 is 0 Å². The van der Waals surface area contributed by atoms with Crippen molar-refractivity contribution in [1.82, 2.24) is 15.5 Å². The van der Waals surface area contributed by atoms with E-state index in [1.807, 2.05) is 0 Å². The summed E-state index contributed by atoms with van der Waals surface area (Å²) in [4.78, 5) is 0. The van der Waals surface area contributed by atoms with Crippen LogP contribution in [0.5, 0.6) is 0 Å². The smallest absolute Gasteiger partial charge is 0.131 e. The highest BCUT2D eigenvalue weighted by Gasteiger charge is 2.25. The van der Waals surface area contributed by atoms with E-state index in [2.05, 4.69) is 46.7 Å². The number of rotatable bonds is 5. The van der Waals surface area contributed by atoms with Gasteiger partial charge in [0.15, 0.2) is 0 Å². The number of hydrogen-bond donors (Lipinski definition) is 1. The maximum absolute atomic E-state index is 4.39. The van der Waals surface area contributed by atoms with E-state index in [1.54, 1.807) is 11.3 Å². The maximum Gasteiger partial charge on any atom is 0.131 e. The molecule has 1 aliphatic carbocycles. The molecule has 0 aliphatic heterocycles. The first-order valence-electron chi connectivity index (χ1n) is 6.96. The van der Waals surface area contributed by atoms with Gasteiger partial charge in [-0.05, 0) is 36.9 Å². The fourth-order valence-corrected chi connectivity index (χ4v) is 3.52. The zero-order valence-electron chi connectivity index (χ0n) is 11.2. The van der Waals surface area contributed by atoms with Crippen LogP contribution >= 0.6 is 11.3 Å². The average molecular weight is 273 g/mol. The van der Waals surface area contributed by atoms with Gasteiger partial charge in [0, 0.05) is 12.5 Å². The van der Waals surface area contributed by atoms with E-state index in [1.165, 1.54) is 16.1 Å². The van der Waals surface area contributed by atoms with Gasteiger partial charge in [-0.15, -0.1) is 10.2 Å². The van der Waals surface area contributed by atoms with Gasteiger partial charge in [-0.1, -0.05) is 42.5 Å². The quantitative estimate of drug-likeness (QED) is 0.851. The number of benzene rings is 1. The van der Waals surface area contributed by atoms with Crippen molar-refractivity contribution in [2.75, 3.05) is 6.54 Å². The summed E-state index contributed by atoms with van der Waals surface area (Å²) in [5.41, 5.74) is 2.96. The van der Waals surface area contributed by atoms with E-state index >= 15 is 0 Å². The summed E-state index contributed by atoms with van der Waals surface area (Å²) in [6, 6.07) is 8.73. The fourth-order valence-electron chi connectivity index (χ4n) is 2.61. The minimum absolute atomic E-state index is 0.537. The first-order valence-corrected chi connectivity index (χ1v) is 7.78. The highest BCUT2D eigenvalue weighted by Crippen LogP contribution is 2.34. The Labute approximate surface area is 118 Å². The molecule has 4 heteroatoms. The molecule has 3 nitrogen and oxygen atoms in total. The van der Waals surface area contributed by atoms with Crippen molar-refractivity contribution in [3.05, 3.63) is 45.4 Å². The molecule has 3 rings (SSSR count). The van der Waals surface area contributed by atoms with Crippen LogP contribution in [0.3, 0.4) is 0 Å². The minimum Gasteiger partial charge on any atom is -0.310 e. The van der Waals surface area contributed by atoms with E-state index in [-0.39, 0.29) is 0 Å². The molecule has 0 spiro atoms. The van der Waals surface area contributed by atoms with Gasteiger partial charge in [0.1, 0.15) is 10.0 Å². The zero-order valence-corrected chi connectivity index (χ0v) is 12.0. The van der Waals surface area contributed by atoms with Crippen molar-refractivity contribution in [1.29, 1.82) is 0 Å². The second-order valence-corrected chi connectivity index (χ2v) is 6.18. The van der Waals surface area contributed by atoms with Crippen LogP contribution in [0.1, 0.15) is 40.4 Å². The van der Waals surface area contributed by atoms with E-state index in [4.69, 9.17) is 0 Å².